The number of rotatable bonds is 11. The van der Waals surface area contributed by atoms with Gasteiger partial charge in [-0.1, -0.05) is 18.2 Å². The first-order chi connectivity index (χ1) is 17.7. The largest absolute Gasteiger partial charge is 0.493 e. The van der Waals surface area contributed by atoms with Crippen molar-refractivity contribution >= 4 is 29.0 Å². The van der Waals surface area contributed by atoms with Crippen molar-refractivity contribution in [1.29, 1.82) is 0 Å². The van der Waals surface area contributed by atoms with Gasteiger partial charge in [-0.05, 0) is 81.6 Å². The Morgan fingerprint density at radius 1 is 0.973 bits per heavy atom. The Bertz CT molecular complexity index is 1210. The fourth-order valence-electron chi connectivity index (χ4n) is 4.00. The van der Waals surface area contributed by atoms with Gasteiger partial charge in [0.15, 0.2) is 11.5 Å². The number of nitrogens with zero attached hydrogens (tertiary/aromatic N) is 2. The third kappa shape index (κ3) is 7.98. The van der Waals surface area contributed by atoms with Crippen molar-refractivity contribution in [2.24, 2.45) is 0 Å². The van der Waals surface area contributed by atoms with Gasteiger partial charge in [-0.3, -0.25) is 4.79 Å². The van der Waals surface area contributed by atoms with Gasteiger partial charge in [0.05, 0.1) is 20.8 Å². The number of carbonyl (C=O) groups excluding carboxylic acids is 2. The highest BCUT2D eigenvalue weighted by Crippen LogP contribution is 2.28. The molecule has 0 fully saturated rings. The number of methoxy groups -OCH3 is 2. The molecule has 1 aromatic heterocycles. The van der Waals surface area contributed by atoms with Gasteiger partial charge in [0.2, 0.25) is 5.91 Å². The van der Waals surface area contributed by atoms with Crippen LogP contribution < -0.4 is 14.8 Å². The molecule has 0 unspecified atom stereocenters. The molecule has 8 heteroatoms. The summed E-state index contributed by atoms with van der Waals surface area (Å²) >= 11 is 1.68. The number of aryl methyl sites for hydroxylation is 2. The molecule has 37 heavy (non-hydrogen) atoms. The van der Waals surface area contributed by atoms with Crippen molar-refractivity contribution in [2.75, 3.05) is 32.6 Å². The van der Waals surface area contributed by atoms with E-state index in [2.05, 4.69) is 24.4 Å². The van der Waals surface area contributed by atoms with E-state index >= 15 is 0 Å². The Morgan fingerprint density at radius 3 is 2.35 bits per heavy atom. The summed E-state index contributed by atoms with van der Waals surface area (Å²) in [7, 11) is 3.22. The average molecular weight is 524 g/mol. The molecule has 2 aromatic carbocycles. The van der Waals surface area contributed by atoms with Crippen molar-refractivity contribution in [1.82, 2.24) is 9.80 Å². The van der Waals surface area contributed by atoms with Crippen LogP contribution in [0, 0.1) is 13.8 Å². The maximum Gasteiger partial charge on any atom is 0.322 e. The number of urea groups is 1. The number of thiophene rings is 1. The Morgan fingerprint density at radius 2 is 1.73 bits per heavy atom. The van der Waals surface area contributed by atoms with Crippen LogP contribution in [0.15, 0.2) is 54.6 Å². The molecule has 7 nitrogen and oxygen atoms in total. The number of anilines is 1. The molecule has 1 N–H and O–H groups in total. The molecule has 3 rings (SSSR count). The Balaban J connectivity index is 1.75. The Kier molecular flexibility index (Phi) is 9.97. The van der Waals surface area contributed by atoms with Gasteiger partial charge in [0, 0.05) is 28.0 Å². The molecule has 0 saturated heterocycles. The number of nitrogens with one attached hydrogen (secondary N) is 1. The molecule has 0 atom stereocenters. The highest BCUT2D eigenvalue weighted by molar-refractivity contribution is 7.11. The smallest absolute Gasteiger partial charge is 0.322 e. The van der Waals surface area contributed by atoms with E-state index < -0.39 is 0 Å². The predicted octanol–water partition coefficient (Wildman–Crippen LogP) is 5.90. The van der Waals surface area contributed by atoms with Gasteiger partial charge in [-0.2, -0.15) is 0 Å². The summed E-state index contributed by atoms with van der Waals surface area (Å²) in [6, 6.07) is 17.1. The van der Waals surface area contributed by atoms with Gasteiger partial charge < -0.3 is 24.6 Å². The minimum atomic E-state index is -0.291. The first-order valence-electron chi connectivity index (χ1n) is 12.4. The summed E-state index contributed by atoms with van der Waals surface area (Å²) in [4.78, 5) is 32.4. The second-order valence-electron chi connectivity index (χ2n) is 9.29. The zero-order valence-corrected chi connectivity index (χ0v) is 23.4. The van der Waals surface area contributed by atoms with Crippen LogP contribution in [0.25, 0.3) is 0 Å². The minimum Gasteiger partial charge on any atom is -0.493 e. The summed E-state index contributed by atoms with van der Waals surface area (Å²) in [5.74, 6) is 1.23. The predicted molar refractivity (Wildman–Crippen MR) is 150 cm³/mol. The molecule has 1 heterocycles. The van der Waals surface area contributed by atoms with E-state index in [1.807, 2.05) is 68.1 Å². The number of ether oxygens (including phenoxy) is 2. The zero-order chi connectivity index (χ0) is 26.9. The Labute approximate surface area is 224 Å². The topological polar surface area (TPSA) is 71.1 Å². The molecule has 0 saturated carbocycles. The van der Waals surface area contributed by atoms with Crippen LogP contribution in [0.3, 0.4) is 0 Å². The van der Waals surface area contributed by atoms with E-state index in [1.54, 1.807) is 30.5 Å². The molecule has 3 aromatic rings. The van der Waals surface area contributed by atoms with Gasteiger partial charge in [0.1, 0.15) is 6.54 Å². The van der Waals surface area contributed by atoms with Crippen molar-refractivity contribution in [3.63, 3.8) is 0 Å². The Hall–Kier alpha value is -3.52. The second kappa shape index (κ2) is 13.1. The molecule has 0 aliphatic carbocycles. The van der Waals surface area contributed by atoms with E-state index in [4.69, 9.17) is 9.47 Å². The monoisotopic (exact) mass is 523 g/mol. The van der Waals surface area contributed by atoms with Gasteiger partial charge in [-0.25, -0.2) is 4.79 Å². The van der Waals surface area contributed by atoms with Crippen LogP contribution in [-0.4, -0.2) is 55.1 Å². The van der Waals surface area contributed by atoms with Crippen LogP contribution in [0.1, 0.15) is 34.7 Å². The lowest BCUT2D eigenvalue weighted by Crippen LogP contribution is -2.47. The summed E-state index contributed by atoms with van der Waals surface area (Å²) in [5, 5.41) is 2.94. The maximum absolute atomic E-state index is 13.6. The molecule has 0 aliphatic heterocycles. The van der Waals surface area contributed by atoms with Crippen molar-refractivity contribution in [3.05, 3.63) is 75.5 Å². The third-order valence-corrected chi connectivity index (χ3v) is 7.06. The van der Waals surface area contributed by atoms with E-state index in [1.165, 1.54) is 4.88 Å². The van der Waals surface area contributed by atoms with Crippen LogP contribution in [-0.2, 0) is 17.8 Å². The van der Waals surface area contributed by atoms with Gasteiger partial charge in [0.25, 0.3) is 0 Å². The summed E-state index contributed by atoms with van der Waals surface area (Å²) in [6.45, 7) is 8.86. The standard InChI is InChI=1S/C29H37N3O4S/c1-20(2)32(29(34)30-24-9-7-8-21(3)16-24)19-28(33)31(18-25-12-10-22(4)37-25)15-14-23-11-13-26(35-5)27(17-23)36-6/h7-13,16-17,20H,14-15,18-19H2,1-6H3,(H,30,34). The summed E-state index contributed by atoms with van der Waals surface area (Å²) in [5.41, 5.74) is 2.80. The van der Waals surface area contributed by atoms with Gasteiger partial charge >= 0.3 is 6.03 Å². The van der Waals surface area contributed by atoms with Crippen molar-refractivity contribution in [3.8, 4) is 11.5 Å². The SMILES string of the molecule is COc1ccc(CCN(Cc2ccc(C)s2)C(=O)CN(C(=O)Nc2cccc(C)c2)C(C)C)cc1OC. The van der Waals surface area contributed by atoms with Crippen LogP contribution in [0.2, 0.25) is 0 Å². The molecular weight excluding hydrogens is 486 g/mol. The maximum atomic E-state index is 13.6. The quantitative estimate of drug-likeness (QED) is 0.340. The first kappa shape index (κ1) is 28.1. The fraction of sp³-hybridized carbons (Fsp3) is 0.379. The molecule has 0 spiro atoms. The number of amides is 3. The fourth-order valence-corrected chi connectivity index (χ4v) is 4.91. The zero-order valence-electron chi connectivity index (χ0n) is 22.5. The number of hydrogen-bond donors (Lipinski definition) is 1. The van der Waals surface area contributed by atoms with E-state index in [9.17, 15) is 9.59 Å². The minimum absolute atomic E-state index is 0.00833. The number of benzene rings is 2. The highest BCUT2D eigenvalue weighted by Gasteiger charge is 2.24. The molecule has 0 bridgehead atoms. The van der Waals surface area contributed by atoms with Gasteiger partial charge in [-0.15, -0.1) is 11.3 Å². The van der Waals surface area contributed by atoms with Crippen LogP contribution in [0.4, 0.5) is 10.5 Å². The third-order valence-electron chi connectivity index (χ3n) is 6.07. The lowest BCUT2D eigenvalue weighted by molar-refractivity contribution is -0.132. The molecular formula is C29H37N3O4S. The molecule has 0 radical (unpaired) electrons. The molecule has 3 amide bonds. The van der Waals surface area contributed by atoms with E-state index in [0.717, 1.165) is 16.0 Å². The highest BCUT2D eigenvalue weighted by atomic mass is 32.1. The van der Waals surface area contributed by atoms with E-state index in [0.29, 0.717) is 36.7 Å². The first-order valence-corrected chi connectivity index (χ1v) is 13.2. The van der Waals surface area contributed by atoms with Crippen LogP contribution in [0.5, 0.6) is 11.5 Å². The summed E-state index contributed by atoms with van der Waals surface area (Å²) < 4.78 is 10.8. The van der Waals surface area contributed by atoms with E-state index in [-0.39, 0.29) is 24.5 Å². The lowest BCUT2D eigenvalue weighted by Gasteiger charge is -2.30. The van der Waals surface area contributed by atoms with Crippen LogP contribution >= 0.6 is 11.3 Å². The molecule has 198 valence electrons. The summed E-state index contributed by atoms with van der Waals surface area (Å²) in [6.07, 6.45) is 0.646. The second-order valence-corrected chi connectivity index (χ2v) is 10.7. The molecule has 0 aliphatic rings. The average Bonchev–Trinajstić information content (AvgIpc) is 3.28. The number of hydrogen-bond acceptors (Lipinski definition) is 5. The normalized spacial score (nSPS) is 10.8. The lowest BCUT2D eigenvalue weighted by atomic mass is 10.1. The van der Waals surface area contributed by atoms with Crippen molar-refractivity contribution in [2.45, 2.75) is 46.7 Å². The van der Waals surface area contributed by atoms with Crippen molar-refractivity contribution < 1.29 is 19.1 Å². The number of carbonyl (C=O) groups is 2.